The van der Waals surface area contributed by atoms with Crippen molar-refractivity contribution in [2.45, 2.75) is 69.5 Å². The first-order valence-corrected chi connectivity index (χ1v) is 15.1. The average Bonchev–Trinajstić information content (AvgIpc) is 3.46. The number of carbonyl (C=O) groups is 2. The molecular weight excluding hydrogens is 529 g/mol. The summed E-state index contributed by atoms with van der Waals surface area (Å²) >= 11 is 0. The van der Waals surface area contributed by atoms with Gasteiger partial charge in [0.05, 0.1) is 10.6 Å². The van der Waals surface area contributed by atoms with Crippen LogP contribution >= 0.6 is 0 Å². The van der Waals surface area contributed by atoms with E-state index < -0.39 is 34.3 Å². The monoisotopic (exact) mass is 565 g/mol. The number of carbonyl (C=O) groups excluding carboxylic acids is 2. The Hall–Kier alpha value is -3.72. The van der Waals surface area contributed by atoms with Crippen LogP contribution in [0.1, 0.15) is 50.2 Å². The van der Waals surface area contributed by atoms with Crippen LogP contribution < -0.4 is 9.62 Å². The van der Waals surface area contributed by atoms with Crippen LogP contribution in [0.5, 0.6) is 0 Å². The Morgan fingerprint density at radius 1 is 0.950 bits per heavy atom. The number of benzene rings is 3. The molecule has 4 rings (SSSR count). The highest BCUT2D eigenvalue weighted by atomic mass is 32.2. The van der Waals surface area contributed by atoms with E-state index in [9.17, 15) is 18.0 Å². The average molecular weight is 566 g/mol. The van der Waals surface area contributed by atoms with Crippen LogP contribution in [-0.4, -0.2) is 43.8 Å². The number of halogens is 1. The van der Waals surface area contributed by atoms with Crippen molar-refractivity contribution in [1.82, 2.24) is 10.2 Å². The van der Waals surface area contributed by atoms with E-state index in [4.69, 9.17) is 0 Å². The molecule has 1 saturated carbocycles. The number of hydrogen-bond donors (Lipinski definition) is 1. The Morgan fingerprint density at radius 3 is 2.20 bits per heavy atom. The van der Waals surface area contributed by atoms with Gasteiger partial charge in [-0.1, -0.05) is 79.9 Å². The summed E-state index contributed by atoms with van der Waals surface area (Å²) in [5.74, 6) is -1.64. The van der Waals surface area contributed by atoms with Gasteiger partial charge in [-0.3, -0.25) is 13.9 Å². The first kappa shape index (κ1) is 29.3. The largest absolute Gasteiger partial charge is 0.352 e. The number of anilines is 1. The van der Waals surface area contributed by atoms with Crippen molar-refractivity contribution in [3.63, 3.8) is 0 Å². The van der Waals surface area contributed by atoms with Gasteiger partial charge in [-0.05, 0) is 56.0 Å². The lowest BCUT2D eigenvalue weighted by atomic mass is 10.1. The van der Waals surface area contributed by atoms with Crippen LogP contribution in [-0.2, 0) is 26.2 Å². The minimum absolute atomic E-state index is 0.0604. The molecule has 1 aliphatic carbocycles. The zero-order valence-electron chi connectivity index (χ0n) is 22.9. The summed E-state index contributed by atoms with van der Waals surface area (Å²) in [7, 11) is -4.32. The van der Waals surface area contributed by atoms with Gasteiger partial charge in [-0.15, -0.1) is 0 Å². The van der Waals surface area contributed by atoms with Crippen molar-refractivity contribution < 1.29 is 22.4 Å². The molecule has 0 bridgehead atoms. The summed E-state index contributed by atoms with van der Waals surface area (Å²) in [5.41, 5.74) is 1.42. The SMILES string of the molecule is CC[C@@H](C(=O)NC1CCCC1)N(Cc1ccccc1)C(=O)CN(c1ccccc1F)S(=O)(=O)c1ccc(C)cc1. The van der Waals surface area contributed by atoms with E-state index in [2.05, 4.69) is 5.32 Å². The maximum atomic E-state index is 15.0. The summed E-state index contributed by atoms with van der Waals surface area (Å²) in [4.78, 5) is 28.8. The zero-order chi connectivity index (χ0) is 28.7. The summed E-state index contributed by atoms with van der Waals surface area (Å²) in [6.07, 6.45) is 4.21. The van der Waals surface area contributed by atoms with E-state index >= 15 is 4.39 Å². The molecule has 212 valence electrons. The normalized spacial score (nSPS) is 14.5. The predicted molar refractivity (Wildman–Crippen MR) is 154 cm³/mol. The van der Waals surface area contributed by atoms with Crippen LogP contribution in [0.3, 0.4) is 0 Å². The van der Waals surface area contributed by atoms with E-state index in [0.717, 1.165) is 47.2 Å². The van der Waals surface area contributed by atoms with Gasteiger partial charge in [0.2, 0.25) is 11.8 Å². The van der Waals surface area contributed by atoms with Crippen LogP contribution in [0.25, 0.3) is 0 Å². The Balaban J connectivity index is 1.71. The molecule has 3 aromatic rings. The quantitative estimate of drug-likeness (QED) is 0.347. The fourth-order valence-corrected chi connectivity index (χ4v) is 6.49. The third kappa shape index (κ3) is 6.88. The number of aryl methyl sites for hydroxylation is 1. The Bertz CT molecular complexity index is 1410. The number of rotatable bonds is 11. The van der Waals surface area contributed by atoms with Gasteiger partial charge in [0.25, 0.3) is 10.0 Å². The molecule has 0 heterocycles. The number of nitrogens with zero attached hydrogens (tertiary/aromatic N) is 2. The molecular formula is C31H36FN3O4S. The molecule has 0 radical (unpaired) electrons. The minimum atomic E-state index is -4.32. The molecule has 7 nitrogen and oxygen atoms in total. The van der Waals surface area contributed by atoms with E-state index in [1.165, 1.54) is 35.2 Å². The van der Waals surface area contributed by atoms with Gasteiger partial charge in [0.1, 0.15) is 18.4 Å². The van der Waals surface area contributed by atoms with E-state index in [0.29, 0.717) is 6.42 Å². The van der Waals surface area contributed by atoms with Crippen molar-refractivity contribution in [2.75, 3.05) is 10.8 Å². The number of para-hydroxylation sites is 1. The van der Waals surface area contributed by atoms with Gasteiger partial charge >= 0.3 is 0 Å². The molecule has 0 aliphatic heterocycles. The predicted octanol–water partition coefficient (Wildman–Crippen LogP) is 5.20. The van der Waals surface area contributed by atoms with E-state index in [1.54, 1.807) is 12.1 Å². The fourth-order valence-electron chi connectivity index (χ4n) is 5.07. The molecule has 0 aromatic heterocycles. The van der Waals surface area contributed by atoms with Crippen LogP contribution in [0, 0.1) is 12.7 Å². The number of hydrogen-bond acceptors (Lipinski definition) is 4. The Morgan fingerprint density at radius 2 is 1.57 bits per heavy atom. The number of amides is 2. The van der Waals surface area contributed by atoms with Crippen LogP contribution in [0.15, 0.2) is 83.8 Å². The second-order valence-electron chi connectivity index (χ2n) is 10.2. The van der Waals surface area contributed by atoms with Crippen molar-refractivity contribution >= 4 is 27.5 Å². The van der Waals surface area contributed by atoms with Crippen molar-refractivity contribution in [3.8, 4) is 0 Å². The Labute approximate surface area is 236 Å². The highest BCUT2D eigenvalue weighted by Gasteiger charge is 2.35. The molecule has 2 amide bonds. The molecule has 1 atom stereocenters. The van der Waals surface area contributed by atoms with E-state index in [1.807, 2.05) is 44.2 Å². The van der Waals surface area contributed by atoms with Gasteiger partial charge in [0.15, 0.2) is 0 Å². The van der Waals surface area contributed by atoms with Gasteiger partial charge in [0, 0.05) is 12.6 Å². The highest BCUT2D eigenvalue weighted by Crippen LogP contribution is 2.27. The van der Waals surface area contributed by atoms with Crippen molar-refractivity contribution in [2.24, 2.45) is 0 Å². The third-order valence-corrected chi connectivity index (χ3v) is 9.07. The topological polar surface area (TPSA) is 86.8 Å². The highest BCUT2D eigenvalue weighted by molar-refractivity contribution is 7.92. The Kier molecular flexibility index (Phi) is 9.58. The fraction of sp³-hybridized carbons (Fsp3) is 0.355. The molecule has 1 aliphatic rings. The summed E-state index contributed by atoms with van der Waals surface area (Å²) < 4.78 is 43.5. The molecule has 9 heteroatoms. The molecule has 1 N–H and O–H groups in total. The van der Waals surface area contributed by atoms with Crippen molar-refractivity contribution in [1.29, 1.82) is 0 Å². The second-order valence-corrected chi connectivity index (χ2v) is 12.1. The maximum absolute atomic E-state index is 15.0. The van der Waals surface area contributed by atoms with Crippen LogP contribution in [0.2, 0.25) is 0 Å². The molecule has 3 aromatic carbocycles. The van der Waals surface area contributed by atoms with E-state index in [-0.39, 0.29) is 29.1 Å². The molecule has 1 fully saturated rings. The summed E-state index contributed by atoms with van der Waals surface area (Å²) in [6, 6.07) is 20.1. The smallest absolute Gasteiger partial charge is 0.264 e. The van der Waals surface area contributed by atoms with Crippen LogP contribution in [0.4, 0.5) is 10.1 Å². The zero-order valence-corrected chi connectivity index (χ0v) is 23.7. The lowest BCUT2D eigenvalue weighted by Gasteiger charge is -2.33. The maximum Gasteiger partial charge on any atom is 0.264 e. The number of sulfonamides is 1. The van der Waals surface area contributed by atoms with Gasteiger partial charge < -0.3 is 10.2 Å². The van der Waals surface area contributed by atoms with Gasteiger partial charge in [-0.2, -0.15) is 0 Å². The van der Waals surface area contributed by atoms with Gasteiger partial charge in [-0.25, -0.2) is 12.8 Å². The molecule has 0 saturated heterocycles. The molecule has 0 unspecified atom stereocenters. The lowest BCUT2D eigenvalue weighted by Crippen LogP contribution is -2.53. The summed E-state index contributed by atoms with van der Waals surface area (Å²) in [5, 5.41) is 3.08. The first-order valence-electron chi connectivity index (χ1n) is 13.7. The first-order chi connectivity index (χ1) is 19.2. The molecule has 0 spiro atoms. The lowest BCUT2D eigenvalue weighted by molar-refractivity contribution is -0.140. The number of nitrogens with one attached hydrogen (secondary N) is 1. The standard InChI is InChI=1S/C31H36FN3O4S/c1-3-28(31(37)33-25-13-7-8-14-25)34(21-24-11-5-4-6-12-24)30(36)22-35(29-16-10-9-15-27(29)32)40(38,39)26-19-17-23(2)18-20-26/h4-6,9-12,15-20,25,28H,3,7-8,13-14,21-22H2,1-2H3,(H,33,37)/t28-/m0/s1. The third-order valence-electron chi connectivity index (χ3n) is 7.29. The summed E-state index contributed by atoms with van der Waals surface area (Å²) in [6.45, 7) is 3.09. The second kappa shape index (κ2) is 13.1. The molecule has 40 heavy (non-hydrogen) atoms. The van der Waals surface area contributed by atoms with Crippen molar-refractivity contribution in [3.05, 3.63) is 95.8 Å². The minimum Gasteiger partial charge on any atom is -0.352 e.